The van der Waals surface area contributed by atoms with Crippen LogP contribution in [0.3, 0.4) is 0 Å². The summed E-state index contributed by atoms with van der Waals surface area (Å²) in [6.07, 6.45) is 0. The van der Waals surface area contributed by atoms with Gasteiger partial charge in [0.05, 0.1) is 5.25 Å². The topological polar surface area (TPSA) is 60.2 Å². The van der Waals surface area contributed by atoms with Crippen LogP contribution in [-0.4, -0.2) is 25.5 Å². The third-order valence-corrected chi connectivity index (χ3v) is 4.71. The molecule has 0 unspecified atom stereocenters. The lowest BCUT2D eigenvalue weighted by Gasteiger charge is -2.31. The van der Waals surface area contributed by atoms with Crippen molar-refractivity contribution in [2.24, 2.45) is 11.1 Å². The summed E-state index contributed by atoms with van der Waals surface area (Å²) < 4.78 is 23.0. The lowest BCUT2D eigenvalue weighted by Crippen LogP contribution is -2.47. The molecule has 0 aromatic rings. The van der Waals surface area contributed by atoms with Crippen LogP contribution in [0.5, 0.6) is 0 Å². The van der Waals surface area contributed by atoms with Crippen molar-refractivity contribution in [2.75, 3.05) is 5.75 Å². The summed E-state index contributed by atoms with van der Waals surface area (Å²) in [5.74, 6) is 0.165. The predicted molar refractivity (Wildman–Crippen MR) is 56.4 cm³/mol. The molecule has 0 amide bonds. The van der Waals surface area contributed by atoms with Crippen molar-refractivity contribution >= 4 is 9.84 Å². The van der Waals surface area contributed by atoms with E-state index in [1.54, 1.807) is 13.8 Å². The molecule has 0 radical (unpaired) electrons. The molecule has 0 saturated heterocycles. The van der Waals surface area contributed by atoms with E-state index in [0.29, 0.717) is 0 Å². The molecule has 0 aromatic heterocycles. The van der Waals surface area contributed by atoms with Crippen LogP contribution in [-0.2, 0) is 9.84 Å². The maximum absolute atomic E-state index is 11.5. The Morgan fingerprint density at radius 3 is 1.92 bits per heavy atom. The molecule has 13 heavy (non-hydrogen) atoms. The first-order valence-corrected chi connectivity index (χ1v) is 6.31. The summed E-state index contributed by atoms with van der Waals surface area (Å²) >= 11 is 0. The van der Waals surface area contributed by atoms with Gasteiger partial charge in [0.25, 0.3) is 0 Å². The SMILES string of the molecule is CCS(=O)(=O)[C@H](C)[C@@H](N)C(C)(C)C. The molecule has 0 saturated carbocycles. The zero-order valence-electron chi connectivity index (χ0n) is 9.16. The van der Waals surface area contributed by atoms with E-state index in [4.69, 9.17) is 5.73 Å². The highest BCUT2D eigenvalue weighted by molar-refractivity contribution is 7.92. The third kappa shape index (κ3) is 3.27. The van der Waals surface area contributed by atoms with E-state index in [1.807, 2.05) is 20.8 Å². The van der Waals surface area contributed by atoms with E-state index >= 15 is 0 Å². The number of nitrogens with two attached hydrogens (primary N) is 1. The van der Waals surface area contributed by atoms with Crippen molar-refractivity contribution in [3.8, 4) is 0 Å². The van der Waals surface area contributed by atoms with Gasteiger partial charge >= 0.3 is 0 Å². The Morgan fingerprint density at radius 2 is 1.69 bits per heavy atom. The summed E-state index contributed by atoms with van der Waals surface area (Å²) in [6, 6.07) is -0.308. The van der Waals surface area contributed by atoms with Crippen molar-refractivity contribution in [3.63, 3.8) is 0 Å². The van der Waals surface area contributed by atoms with E-state index in [-0.39, 0.29) is 17.2 Å². The highest BCUT2D eigenvalue weighted by Gasteiger charge is 2.33. The molecule has 2 N–H and O–H groups in total. The van der Waals surface area contributed by atoms with E-state index in [0.717, 1.165) is 0 Å². The fraction of sp³-hybridized carbons (Fsp3) is 1.00. The second-order valence-corrected chi connectivity index (χ2v) is 7.20. The highest BCUT2D eigenvalue weighted by atomic mass is 32.2. The van der Waals surface area contributed by atoms with Gasteiger partial charge in [0.15, 0.2) is 9.84 Å². The van der Waals surface area contributed by atoms with Gasteiger partial charge in [0.2, 0.25) is 0 Å². The monoisotopic (exact) mass is 207 g/mol. The number of hydrogen-bond donors (Lipinski definition) is 1. The molecular formula is C9H21NO2S. The summed E-state index contributed by atoms with van der Waals surface area (Å²) in [5.41, 5.74) is 5.71. The lowest BCUT2D eigenvalue weighted by molar-refractivity contribution is 0.313. The molecule has 0 fully saturated rings. The highest BCUT2D eigenvalue weighted by Crippen LogP contribution is 2.23. The molecular weight excluding hydrogens is 186 g/mol. The summed E-state index contributed by atoms with van der Waals surface area (Å²) in [4.78, 5) is 0. The van der Waals surface area contributed by atoms with Gasteiger partial charge < -0.3 is 5.73 Å². The van der Waals surface area contributed by atoms with Crippen molar-refractivity contribution in [3.05, 3.63) is 0 Å². The summed E-state index contributed by atoms with van der Waals surface area (Å²) in [7, 11) is -3.01. The summed E-state index contributed by atoms with van der Waals surface area (Å²) in [5, 5.41) is -0.461. The quantitative estimate of drug-likeness (QED) is 0.756. The van der Waals surface area contributed by atoms with Gasteiger partial charge in [-0.25, -0.2) is 8.42 Å². The Hall–Kier alpha value is -0.0900. The van der Waals surface area contributed by atoms with E-state index in [1.165, 1.54) is 0 Å². The van der Waals surface area contributed by atoms with Crippen LogP contribution in [0.4, 0.5) is 0 Å². The van der Waals surface area contributed by atoms with Crippen LogP contribution in [0.15, 0.2) is 0 Å². The molecule has 3 nitrogen and oxygen atoms in total. The van der Waals surface area contributed by atoms with Crippen LogP contribution >= 0.6 is 0 Å². The molecule has 0 aliphatic heterocycles. The fourth-order valence-electron chi connectivity index (χ4n) is 1.19. The number of sulfone groups is 1. The smallest absolute Gasteiger partial charge is 0.154 e. The molecule has 0 rings (SSSR count). The van der Waals surface area contributed by atoms with Crippen molar-refractivity contribution < 1.29 is 8.42 Å². The average molecular weight is 207 g/mol. The van der Waals surface area contributed by atoms with E-state index in [9.17, 15) is 8.42 Å². The molecule has 4 heteroatoms. The largest absolute Gasteiger partial charge is 0.326 e. The average Bonchev–Trinajstić information content (AvgIpc) is 2.00. The van der Waals surface area contributed by atoms with Gasteiger partial charge in [-0.3, -0.25) is 0 Å². The molecule has 80 valence electrons. The molecule has 0 bridgehead atoms. The second kappa shape index (κ2) is 3.96. The Kier molecular flexibility index (Phi) is 3.94. The minimum atomic E-state index is -3.01. The molecule has 0 spiro atoms. The first-order valence-electron chi connectivity index (χ1n) is 4.60. The molecule has 0 aliphatic carbocycles. The predicted octanol–water partition coefficient (Wildman–Crippen LogP) is 1.18. The van der Waals surface area contributed by atoms with Gasteiger partial charge in [-0.05, 0) is 12.3 Å². The first kappa shape index (κ1) is 12.9. The van der Waals surface area contributed by atoms with Crippen LogP contribution in [0.25, 0.3) is 0 Å². The first-order chi connectivity index (χ1) is 5.63. The maximum atomic E-state index is 11.5. The zero-order valence-corrected chi connectivity index (χ0v) is 9.98. The minimum Gasteiger partial charge on any atom is -0.326 e. The Labute approximate surface area is 81.6 Å². The van der Waals surface area contributed by atoms with Crippen LogP contribution < -0.4 is 5.73 Å². The van der Waals surface area contributed by atoms with Gasteiger partial charge in [-0.1, -0.05) is 27.7 Å². The Morgan fingerprint density at radius 1 is 1.31 bits per heavy atom. The van der Waals surface area contributed by atoms with Gasteiger partial charge in [0.1, 0.15) is 0 Å². The van der Waals surface area contributed by atoms with Gasteiger partial charge in [0, 0.05) is 11.8 Å². The lowest BCUT2D eigenvalue weighted by atomic mass is 9.86. The molecule has 2 atom stereocenters. The molecule has 0 aromatic carbocycles. The van der Waals surface area contributed by atoms with E-state index < -0.39 is 15.1 Å². The second-order valence-electron chi connectivity index (χ2n) is 4.55. The maximum Gasteiger partial charge on any atom is 0.154 e. The molecule has 0 aliphatic rings. The number of rotatable bonds is 3. The van der Waals surface area contributed by atoms with Crippen LogP contribution in [0.2, 0.25) is 0 Å². The van der Waals surface area contributed by atoms with Crippen molar-refractivity contribution in [1.82, 2.24) is 0 Å². The van der Waals surface area contributed by atoms with Crippen LogP contribution in [0, 0.1) is 5.41 Å². The normalized spacial score (nSPS) is 18.3. The summed E-state index contributed by atoms with van der Waals surface area (Å²) in [6.45, 7) is 9.22. The number of hydrogen-bond acceptors (Lipinski definition) is 3. The van der Waals surface area contributed by atoms with Crippen LogP contribution in [0.1, 0.15) is 34.6 Å². The zero-order chi connectivity index (χ0) is 10.9. The molecule has 0 heterocycles. The Bertz CT molecular complexity index is 251. The van der Waals surface area contributed by atoms with Gasteiger partial charge in [-0.15, -0.1) is 0 Å². The minimum absolute atomic E-state index is 0.165. The standard InChI is InChI=1S/C9H21NO2S/c1-6-13(11,12)7(2)8(10)9(3,4)5/h7-8H,6,10H2,1-5H3/t7-,8-/m1/s1. The van der Waals surface area contributed by atoms with E-state index in [2.05, 4.69) is 0 Å². The van der Waals surface area contributed by atoms with Crippen molar-refractivity contribution in [2.45, 2.75) is 45.9 Å². The third-order valence-electron chi connectivity index (χ3n) is 2.47. The Balaban J connectivity index is 4.73. The fourth-order valence-corrected chi connectivity index (χ4v) is 2.57. The van der Waals surface area contributed by atoms with Gasteiger partial charge in [-0.2, -0.15) is 0 Å². The van der Waals surface area contributed by atoms with Crippen molar-refractivity contribution in [1.29, 1.82) is 0 Å².